The number of phenols is 1. The van der Waals surface area contributed by atoms with Gasteiger partial charge in [-0.15, -0.1) is 0 Å². The Labute approximate surface area is 100 Å². The van der Waals surface area contributed by atoms with Crippen molar-refractivity contribution in [3.63, 3.8) is 0 Å². The number of benzene rings is 1. The van der Waals surface area contributed by atoms with Crippen molar-refractivity contribution < 1.29 is 10.2 Å². The lowest BCUT2D eigenvalue weighted by Gasteiger charge is -2.12. The van der Waals surface area contributed by atoms with Crippen LogP contribution in [0.4, 0.5) is 0 Å². The fraction of sp³-hybridized carbons (Fsp3) is 0.500. The fourth-order valence-electron chi connectivity index (χ4n) is 1.70. The van der Waals surface area contributed by atoms with Crippen LogP contribution in [0.1, 0.15) is 18.4 Å². The quantitative estimate of drug-likeness (QED) is 0.738. The molecule has 1 aromatic rings. The van der Waals surface area contributed by atoms with E-state index in [0.717, 1.165) is 24.9 Å². The molecule has 0 aliphatic heterocycles. The van der Waals surface area contributed by atoms with Gasteiger partial charge in [0.05, 0.1) is 5.02 Å². The number of halogens is 1. The van der Waals surface area contributed by atoms with Crippen LogP contribution in [-0.4, -0.2) is 23.4 Å². The van der Waals surface area contributed by atoms with Crippen molar-refractivity contribution in [3.05, 3.63) is 28.8 Å². The molecule has 2 rings (SSSR count). The number of aromatic hydroxyl groups is 1. The minimum atomic E-state index is 0.111. The van der Waals surface area contributed by atoms with Gasteiger partial charge in [-0.2, -0.15) is 0 Å². The van der Waals surface area contributed by atoms with Gasteiger partial charge in [0, 0.05) is 25.1 Å². The molecule has 0 aromatic heterocycles. The van der Waals surface area contributed by atoms with E-state index in [0.29, 0.717) is 11.6 Å². The highest BCUT2D eigenvalue weighted by atomic mass is 35.5. The second-order valence-corrected chi connectivity index (χ2v) is 4.95. The predicted octanol–water partition coefficient (Wildman–Crippen LogP) is 1.91. The minimum Gasteiger partial charge on any atom is -0.506 e. The Hall–Kier alpha value is -0.770. The number of hydrogen-bond acceptors (Lipinski definition) is 3. The number of aliphatic hydroxyl groups excluding tert-OH is 1. The van der Waals surface area contributed by atoms with E-state index in [4.69, 9.17) is 16.7 Å². The van der Waals surface area contributed by atoms with Gasteiger partial charge in [-0.1, -0.05) is 17.7 Å². The zero-order chi connectivity index (χ0) is 11.6. The normalized spacial score (nSPS) is 17.4. The maximum absolute atomic E-state index is 9.26. The Morgan fingerprint density at radius 1 is 1.38 bits per heavy atom. The fourth-order valence-corrected chi connectivity index (χ4v) is 1.90. The summed E-state index contributed by atoms with van der Waals surface area (Å²) < 4.78 is 0. The van der Waals surface area contributed by atoms with Gasteiger partial charge >= 0.3 is 0 Å². The van der Waals surface area contributed by atoms with Gasteiger partial charge in [0.25, 0.3) is 0 Å². The smallest absolute Gasteiger partial charge is 0.134 e. The summed E-state index contributed by atoms with van der Waals surface area (Å²) in [6.07, 6.45) is 2.21. The molecule has 88 valence electrons. The van der Waals surface area contributed by atoms with Crippen LogP contribution in [0.15, 0.2) is 18.2 Å². The molecule has 0 atom stereocenters. The molecule has 0 bridgehead atoms. The SMILES string of the molecule is OCC1(CNCc2ccc(O)c(Cl)c2)CC1. The Morgan fingerprint density at radius 3 is 2.69 bits per heavy atom. The van der Waals surface area contributed by atoms with E-state index in [9.17, 15) is 5.11 Å². The lowest BCUT2D eigenvalue weighted by molar-refractivity contribution is 0.207. The van der Waals surface area contributed by atoms with Gasteiger partial charge in [0.1, 0.15) is 5.75 Å². The van der Waals surface area contributed by atoms with Crippen LogP contribution in [0.5, 0.6) is 5.75 Å². The molecule has 1 aliphatic rings. The lowest BCUT2D eigenvalue weighted by atomic mass is 10.1. The average Bonchev–Trinajstić information content (AvgIpc) is 3.04. The molecular formula is C12H16ClNO2. The third-order valence-electron chi connectivity index (χ3n) is 3.13. The van der Waals surface area contributed by atoms with Gasteiger partial charge < -0.3 is 15.5 Å². The number of phenolic OH excluding ortho intramolecular Hbond substituents is 1. The third-order valence-corrected chi connectivity index (χ3v) is 3.44. The van der Waals surface area contributed by atoms with E-state index in [1.807, 2.05) is 6.07 Å². The molecule has 0 amide bonds. The Morgan fingerprint density at radius 2 is 2.12 bits per heavy atom. The van der Waals surface area contributed by atoms with Gasteiger partial charge in [-0.25, -0.2) is 0 Å². The van der Waals surface area contributed by atoms with Crippen LogP contribution in [0, 0.1) is 5.41 Å². The Kier molecular flexibility index (Phi) is 3.38. The first-order valence-electron chi connectivity index (χ1n) is 5.44. The molecule has 3 N–H and O–H groups in total. The first-order chi connectivity index (χ1) is 7.65. The summed E-state index contributed by atoms with van der Waals surface area (Å²) in [5.41, 5.74) is 1.16. The maximum Gasteiger partial charge on any atom is 0.134 e. The second-order valence-electron chi connectivity index (χ2n) is 4.55. The van der Waals surface area contributed by atoms with Crippen molar-refractivity contribution in [2.24, 2.45) is 5.41 Å². The number of aliphatic hydroxyl groups is 1. The molecule has 1 aliphatic carbocycles. The molecule has 0 unspecified atom stereocenters. The van der Waals surface area contributed by atoms with E-state index in [1.165, 1.54) is 0 Å². The van der Waals surface area contributed by atoms with Gasteiger partial charge in [-0.05, 0) is 30.5 Å². The van der Waals surface area contributed by atoms with Gasteiger partial charge in [0.2, 0.25) is 0 Å². The highest BCUT2D eigenvalue weighted by molar-refractivity contribution is 6.32. The van der Waals surface area contributed by atoms with Crippen molar-refractivity contribution in [2.75, 3.05) is 13.2 Å². The lowest BCUT2D eigenvalue weighted by Crippen LogP contribution is -2.26. The number of rotatable bonds is 5. The molecular weight excluding hydrogens is 226 g/mol. The summed E-state index contributed by atoms with van der Waals surface area (Å²) in [4.78, 5) is 0. The largest absolute Gasteiger partial charge is 0.506 e. The van der Waals surface area contributed by atoms with E-state index in [-0.39, 0.29) is 17.8 Å². The van der Waals surface area contributed by atoms with Crippen molar-refractivity contribution >= 4 is 11.6 Å². The first-order valence-corrected chi connectivity index (χ1v) is 5.82. The molecule has 3 nitrogen and oxygen atoms in total. The highest BCUT2D eigenvalue weighted by Gasteiger charge is 2.41. The maximum atomic E-state index is 9.26. The van der Waals surface area contributed by atoms with Crippen molar-refractivity contribution in [1.29, 1.82) is 0 Å². The molecule has 16 heavy (non-hydrogen) atoms. The minimum absolute atomic E-state index is 0.111. The molecule has 1 fully saturated rings. The summed E-state index contributed by atoms with van der Waals surface area (Å²) in [5, 5.41) is 22.1. The van der Waals surface area contributed by atoms with Gasteiger partial charge in [-0.3, -0.25) is 0 Å². The zero-order valence-electron chi connectivity index (χ0n) is 9.04. The number of hydrogen-bond donors (Lipinski definition) is 3. The van der Waals surface area contributed by atoms with E-state index in [2.05, 4.69) is 5.32 Å². The first kappa shape index (κ1) is 11.7. The number of nitrogens with one attached hydrogen (secondary N) is 1. The van der Waals surface area contributed by atoms with Crippen LogP contribution in [-0.2, 0) is 6.54 Å². The standard InChI is InChI=1S/C12H16ClNO2/c13-10-5-9(1-2-11(10)16)6-14-7-12(8-15)3-4-12/h1-2,5,14-16H,3-4,6-8H2. The molecule has 0 radical (unpaired) electrons. The van der Waals surface area contributed by atoms with E-state index in [1.54, 1.807) is 12.1 Å². The van der Waals surface area contributed by atoms with E-state index >= 15 is 0 Å². The molecule has 0 spiro atoms. The van der Waals surface area contributed by atoms with Crippen molar-refractivity contribution in [3.8, 4) is 5.75 Å². The molecule has 0 saturated heterocycles. The summed E-state index contributed by atoms with van der Waals surface area (Å²) >= 11 is 5.80. The van der Waals surface area contributed by atoms with Crippen LogP contribution >= 0.6 is 11.6 Å². The van der Waals surface area contributed by atoms with Crippen LogP contribution in [0.2, 0.25) is 5.02 Å². The van der Waals surface area contributed by atoms with Gasteiger partial charge in [0.15, 0.2) is 0 Å². The van der Waals surface area contributed by atoms with E-state index < -0.39 is 0 Å². The monoisotopic (exact) mass is 241 g/mol. The third kappa shape index (κ3) is 2.67. The Balaban J connectivity index is 1.83. The average molecular weight is 242 g/mol. The highest BCUT2D eigenvalue weighted by Crippen LogP contribution is 2.44. The van der Waals surface area contributed by atoms with Crippen LogP contribution < -0.4 is 5.32 Å². The summed E-state index contributed by atoms with van der Waals surface area (Å²) in [6, 6.07) is 5.19. The second kappa shape index (κ2) is 4.62. The summed E-state index contributed by atoms with van der Waals surface area (Å²) in [7, 11) is 0. The van der Waals surface area contributed by atoms with Crippen LogP contribution in [0.3, 0.4) is 0 Å². The van der Waals surface area contributed by atoms with Crippen molar-refractivity contribution in [2.45, 2.75) is 19.4 Å². The zero-order valence-corrected chi connectivity index (χ0v) is 9.80. The molecule has 1 saturated carbocycles. The van der Waals surface area contributed by atoms with Crippen molar-refractivity contribution in [1.82, 2.24) is 5.32 Å². The van der Waals surface area contributed by atoms with Crippen LogP contribution in [0.25, 0.3) is 0 Å². The topological polar surface area (TPSA) is 52.5 Å². The molecule has 1 aromatic carbocycles. The molecule has 0 heterocycles. The Bertz CT molecular complexity index is 377. The predicted molar refractivity (Wildman–Crippen MR) is 63.6 cm³/mol. The molecule has 4 heteroatoms. The summed E-state index contributed by atoms with van der Waals surface area (Å²) in [6.45, 7) is 1.81. The summed E-state index contributed by atoms with van der Waals surface area (Å²) in [5.74, 6) is 0.111.